The van der Waals surface area contributed by atoms with E-state index < -0.39 is 18.0 Å². The molecule has 6 heteroatoms. The zero-order valence-electron chi connectivity index (χ0n) is 12.1. The molecule has 2 amide bonds. The number of carbonyl (C=O) groups is 2. The molecule has 0 aliphatic carbocycles. The molecule has 112 valence electrons. The first-order valence-corrected chi connectivity index (χ1v) is 6.79. The summed E-state index contributed by atoms with van der Waals surface area (Å²) in [6, 6.07) is -1.25. The number of ether oxygens (including phenoxy) is 1. The van der Waals surface area contributed by atoms with Gasteiger partial charge in [0.2, 0.25) is 0 Å². The Hall–Kier alpha value is -1.30. The number of rotatable bonds is 10. The topological polar surface area (TPSA) is 87.7 Å². The molecule has 0 spiro atoms. The van der Waals surface area contributed by atoms with Gasteiger partial charge in [0.1, 0.15) is 6.04 Å². The summed E-state index contributed by atoms with van der Waals surface area (Å²) in [5.74, 6) is -1.09. The van der Waals surface area contributed by atoms with Gasteiger partial charge in [0.25, 0.3) is 0 Å². The molecule has 2 unspecified atom stereocenters. The highest BCUT2D eigenvalue weighted by molar-refractivity contribution is 5.82. The maximum Gasteiger partial charge on any atom is 0.326 e. The van der Waals surface area contributed by atoms with Crippen molar-refractivity contribution in [2.75, 3.05) is 20.3 Å². The van der Waals surface area contributed by atoms with E-state index in [2.05, 4.69) is 10.6 Å². The standard InChI is InChI=1S/C13H26N2O4/c1-4-10(2)11(12(16)17)15-13(18)14-8-6-5-7-9-19-3/h10-11H,4-9H2,1-3H3,(H,16,17)(H2,14,15,18). The predicted octanol–water partition coefficient (Wildman–Crippen LogP) is 1.60. The van der Waals surface area contributed by atoms with Crippen LogP contribution in [0.5, 0.6) is 0 Å². The Morgan fingerprint density at radius 2 is 1.95 bits per heavy atom. The normalized spacial score (nSPS) is 13.6. The minimum absolute atomic E-state index is 0.0926. The van der Waals surface area contributed by atoms with Gasteiger partial charge >= 0.3 is 12.0 Å². The lowest BCUT2D eigenvalue weighted by atomic mass is 9.99. The molecule has 3 N–H and O–H groups in total. The van der Waals surface area contributed by atoms with E-state index in [1.165, 1.54) is 0 Å². The maximum absolute atomic E-state index is 11.6. The van der Waals surface area contributed by atoms with Crippen LogP contribution in [0.3, 0.4) is 0 Å². The molecular weight excluding hydrogens is 248 g/mol. The van der Waals surface area contributed by atoms with E-state index in [-0.39, 0.29) is 5.92 Å². The Morgan fingerprint density at radius 1 is 1.26 bits per heavy atom. The molecule has 0 aliphatic rings. The first-order chi connectivity index (χ1) is 9.02. The van der Waals surface area contributed by atoms with Crippen molar-refractivity contribution in [2.24, 2.45) is 5.92 Å². The van der Waals surface area contributed by atoms with E-state index in [4.69, 9.17) is 9.84 Å². The van der Waals surface area contributed by atoms with E-state index >= 15 is 0 Å². The molecule has 0 rings (SSSR count). The fourth-order valence-corrected chi connectivity index (χ4v) is 1.63. The second-order valence-corrected chi connectivity index (χ2v) is 4.66. The van der Waals surface area contributed by atoms with Gasteiger partial charge in [0.05, 0.1) is 0 Å². The van der Waals surface area contributed by atoms with Crippen molar-refractivity contribution < 1.29 is 19.4 Å². The Labute approximate surface area is 114 Å². The Kier molecular flexibility index (Phi) is 9.88. The van der Waals surface area contributed by atoms with Crippen molar-refractivity contribution in [3.63, 3.8) is 0 Å². The summed E-state index contributed by atoms with van der Waals surface area (Å²) < 4.78 is 4.92. The largest absolute Gasteiger partial charge is 0.480 e. The quantitative estimate of drug-likeness (QED) is 0.528. The van der Waals surface area contributed by atoms with Crippen molar-refractivity contribution in [1.29, 1.82) is 0 Å². The third-order valence-electron chi connectivity index (χ3n) is 3.08. The van der Waals surface area contributed by atoms with Crippen molar-refractivity contribution in [1.82, 2.24) is 10.6 Å². The highest BCUT2D eigenvalue weighted by Gasteiger charge is 2.24. The fraction of sp³-hybridized carbons (Fsp3) is 0.846. The number of carboxylic acids is 1. The number of nitrogens with one attached hydrogen (secondary N) is 2. The van der Waals surface area contributed by atoms with E-state index in [1.54, 1.807) is 7.11 Å². The predicted molar refractivity (Wildman–Crippen MR) is 73.1 cm³/mol. The Balaban J connectivity index is 3.85. The van der Waals surface area contributed by atoms with Crippen LogP contribution in [0.2, 0.25) is 0 Å². The van der Waals surface area contributed by atoms with Crippen molar-refractivity contribution >= 4 is 12.0 Å². The minimum Gasteiger partial charge on any atom is -0.480 e. The van der Waals surface area contributed by atoms with Crippen molar-refractivity contribution in [2.45, 2.75) is 45.6 Å². The van der Waals surface area contributed by atoms with Crippen LogP contribution < -0.4 is 10.6 Å². The summed E-state index contributed by atoms with van der Waals surface area (Å²) in [6.07, 6.45) is 3.50. The molecule has 0 saturated heterocycles. The molecule has 0 fully saturated rings. The zero-order valence-corrected chi connectivity index (χ0v) is 12.1. The fourth-order valence-electron chi connectivity index (χ4n) is 1.63. The first-order valence-electron chi connectivity index (χ1n) is 6.79. The van der Waals surface area contributed by atoms with Crippen LogP contribution in [0.1, 0.15) is 39.5 Å². The van der Waals surface area contributed by atoms with Gasteiger partial charge in [-0.15, -0.1) is 0 Å². The highest BCUT2D eigenvalue weighted by Crippen LogP contribution is 2.07. The summed E-state index contributed by atoms with van der Waals surface area (Å²) in [5, 5.41) is 14.2. The van der Waals surface area contributed by atoms with Gasteiger partial charge < -0.3 is 20.5 Å². The van der Waals surface area contributed by atoms with Gasteiger partial charge in [-0.25, -0.2) is 9.59 Å². The number of urea groups is 1. The maximum atomic E-state index is 11.6. The SMILES string of the molecule is CCC(C)C(NC(=O)NCCCCCOC)C(=O)O. The van der Waals surface area contributed by atoms with Crippen LogP contribution in [0, 0.1) is 5.92 Å². The van der Waals surface area contributed by atoms with E-state index in [0.717, 1.165) is 25.9 Å². The van der Waals surface area contributed by atoms with Gasteiger partial charge in [-0.2, -0.15) is 0 Å². The monoisotopic (exact) mass is 274 g/mol. The van der Waals surface area contributed by atoms with Gasteiger partial charge in [-0.1, -0.05) is 20.3 Å². The number of hydrogen-bond acceptors (Lipinski definition) is 3. The summed E-state index contributed by atoms with van der Waals surface area (Å²) in [4.78, 5) is 22.6. The number of aliphatic carboxylic acids is 1. The summed E-state index contributed by atoms with van der Waals surface area (Å²) in [5.41, 5.74) is 0. The smallest absolute Gasteiger partial charge is 0.326 e. The van der Waals surface area contributed by atoms with Crippen LogP contribution in [-0.2, 0) is 9.53 Å². The molecule has 0 bridgehead atoms. The number of carboxylic acid groups (broad SMARTS) is 1. The van der Waals surface area contributed by atoms with Crippen LogP contribution in [0.15, 0.2) is 0 Å². The number of hydrogen-bond donors (Lipinski definition) is 3. The van der Waals surface area contributed by atoms with Gasteiger partial charge in [-0.3, -0.25) is 0 Å². The lowest BCUT2D eigenvalue weighted by molar-refractivity contribution is -0.140. The van der Waals surface area contributed by atoms with Gasteiger partial charge in [0, 0.05) is 20.3 Å². The zero-order chi connectivity index (χ0) is 14.7. The lowest BCUT2D eigenvalue weighted by Crippen LogP contribution is -2.49. The first kappa shape index (κ1) is 17.7. The van der Waals surface area contributed by atoms with Crippen LogP contribution in [0.25, 0.3) is 0 Å². The molecule has 19 heavy (non-hydrogen) atoms. The third-order valence-corrected chi connectivity index (χ3v) is 3.08. The van der Waals surface area contributed by atoms with Crippen LogP contribution in [-0.4, -0.2) is 43.4 Å². The molecule has 0 aromatic rings. The van der Waals surface area contributed by atoms with Crippen molar-refractivity contribution in [3.05, 3.63) is 0 Å². The average Bonchev–Trinajstić information content (AvgIpc) is 2.38. The lowest BCUT2D eigenvalue weighted by Gasteiger charge is -2.20. The summed E-state index contributed by atoms with van der Waals surface area (Å²) in [6.45, 7) is 4.98. The summed E-state index contributed by atoms with van der Waals surface area (Å²) in [7, 11) is 1.66. The molecular formula is C13H26N2O4. The number of methoxy groups -OCH3 is 1. The molecule has 6 nitrogen and oxygen atoms in total. The molecule has 0 heterocycles. The molecule has 0 saturated carbocycles. The van der Waals surface area contributed by atoms with Gasteiger partial charge in [0.15, 0.2) is 0 Å². The van der Waals surface area contributed by atoms with Crippen LogP contribution >= 0.6 is 0 Å². The number of unbranched alkanes of at least 4 members (excludes halogenated alkanes) is 2. The van der Waals surface area contributed by atoms with Crippen LogP contribution in [0.4, 0.5) is 4.79 Å². The number of carbonyl (C=O) groups excluding carboxylic acids is 1. The average molecular weight is 274 g/mol. The molecule has 2 atom stereocenters. The minimum atomic E-state index is -0.996. The second-order valence-electron chi connectivity index (χ2n) is 4.66. The van der Waals surface area contributed by atoms with E-state index in [0.29, 0.717) is 13.0 Å². The highest BCUT2D eigenvalue weighted by atomic mass is 16.5. The molecule has 0 radical (unpaired) electrons. The van der Waals surface area contributed by atoms with Gasteiger partial charge in [-0.05, 0) is 25.2 Å². The Bertz CT molecular complexity index is 271. The van der Waals surface area contributed by atoms with E-state index in [9.17, 15) is 9.59 Å². The summed E-state index contributed by atoms with van der Waals surface area (Å²) >= 11 is 0. The second kappa shape index (κ2) is 10.6. The molecule has 0 aromatic carbocycles. The molecule has 0 aromatic heterocycles. The van der Waals surface area contributed by atoms with Crippen molar-refractivity contribution in [3.8, 4) is 0 Å². The molecule has 0 aliphatic heterocycles. The van der Waals surface area contributed by atoms with E-state index in [1.807, 2.05) is 13.8 Å². The number of amides is 2. The third kappa shape index (κ3) is 8.42. The Morgan fingerprint density at radius 3 is 2.47 bits per heavy atom.